The summed E-state index contributed by atoms with van der Waals surface area (Å²) in [4.78, 5) is 17.5. The molecular weight excluding hydrogens is 276 g/mol. The van der Waals surface area contributed by atoms with Gasteiger partial charge in [0.15, 0.2) is 0 Å². The standard InChI is InChI=1S/C17H28N4O/c1-13-11-14(2)21(18-13)12-16(22)20-10-6-8-17(3)15(20)7-5-9-19(17)4/h11,15H,5-10,12H2,1-4H3/t15-,17-/m0/s1. The highest BCUT2D eigenvalue weighted by Crippen LogP contribution is 2.38. The lowest BCUT2D eigenvalue weighted by Crippen LogP contribution is -2.66. The molecule has 0 bridgehead atoms. The van der Waals surface area contributed by atoms with Gasteiger partial charge in [-0.15, -0.1) is 0 Å². The molecule has 5 heteroatoms. The number of likely N-dealkylation sites (tertiary alicyclic amines) is 2. The molecule has 0 radical (unpaired) electrons. The van der Waals surface area contributed by atoms with Crippen LogP contribution >= 0.6 is 0 Å². The maximum Gasteiger partial charge on any atom is 0.244 e. The summed E-state index contributed by atoms with van der Waals surface area (Å²) in [6, 6.07) is 2.38. The minimum Gasteiger partial charge on any atom is -0.336 e. The summed E-state index contributed by atoms with van der Waals surface area (Å²) in [5.74, 6) is 0.220. The zero-order chi connectivity index (χ0) is 15.9. The van der Waals surface area contributed by atoms with Crippen LogP contribution in [0, 0.1) is 13.8 Å². The minimum atomic E-state index is 0.140. The van der Waals surface area contributed by atoms with Crippen molar-refractivity contribution in [2.24, 2.45) is 0 Å². The molecule has 3 rings (SSSR count). The van der Waals surface area contributed by atoms with Gasteiger partial charge in [-0.1, -0.05) is 0 Å². The first-order valence-electron chi connectivity index (χ1n) is 8.43. The van der Waals surface area contributed by atoms with Crippen LogP contribution in [0.25, 0.3) is 0 Å². The van der Waals surface area contributed by atoms with Gasteiger partial charge in [0.05, 0.1) is 5.69 Å². The van der Waals surface area contributed by atoms with E-state index in [0.29, 0.717) is 12.6 Å². The number of hydrogen-bond donors (Lipinski definition) is 0. The maximum atomic E-state index is 12.9. The molecule has 0 N–H and O–H groups in total. The smallest absolute Gasteiger partial charge is 0.244 e. The molecule has 2 aliphatic heterocycles. The van der Waals surface area contributed by atoms with Crippen molar-refractivity contribution in [1.82, 2.24) is 19.6 Å². The van der Waals surface area contributed by atoms with E-state index in [0.717, 1.165) is 37.3 Å². The monoisotopic (exact) mass is 304 g/mol. The Bertz CT molecular complexity index is 567. The summed E-state index contributed by atoms with van der Waals surface area (Å²) in [6.45, 7) is 8.73. The maximum absolute atomic E-state index is 12.9. The predicted octanol–water partition coefficient (Wildman–Crippen LogP) is 1.98. The Morgan fingerprint density at radius 2 is 2.14 bits per heavy atom. The lowest BCUT2D eigenvalue weighted by Gasteiger charge is -2.55. The fourth-order valence-electron chi connectivity index (χ4n) is 4.31. The number of aromatic nitrogens is 2. The van der Waals surface area contributed by atoms with Crippen molar-refractivity contribution in [2.75, 3.05) is 20.1 Å². The zero-order valence-electron chi connectivity index (χ0n) is 14.3. The molecule has 122 valence electrons. The molecule has 0 aromatic carbocycles. The van der Waals surface area contributed by atoms with Crippen LogP contribution in [0.5, 0.6) is 0 Å². The molecule has 1 amide bonds. The third kappa shape index (κ3) is 2.56. The highest BCUT2D eigenvalue weighted by Gasteiger charge is 2.47. The van der Waals surface area contributed by atoms with Crippen LogP contribution in [0.15, 0.2) is 6.07 Å². The molecule has 0 saturated carbocycles. The molecule has 5 nitrogen and oxygen atoms in total. The third-order valence-corrected chi connectivity index (χ3v) is 5.73. The van der Waals surface area contributed by atoms with E-state index >= 15 is 0 Å². The number of carbonyl (C=O) groups is 1. The number of aryl methyl sites for hydroxylation is 2. The number of rotatable bonds is 2. The fraction of sp³-hybridized carbons (Fsp3) is 0.765. The summed E-state index contributed by atoms with van der Waals surface area (Å²) in [5, 5.41) is 4.44. The predicted molar refractivity (Wildman–Crippen MR) is 86.7 cm³/mol. The van der Waals surface area contributed by atoms with Gasteiger partial charge in [0, 0.05) is 23.8 Å². The van der Waals surface area contributed by atoms with Gasteiger partial charge in [-0.25, -0.2) is 0 Å². The van der Waals surface area contributed by atoms with Crippen LogP contribution in [-0.2, 0) is 11.3 Å². The molecule has 3 heterocycles. The number of amides is 1. The van der Waals surface area contributed by atoms with E-state index in [9.17, 15) is 4.79 Å². The van der Waals surface area contributed by atoms with Crippen LogP contribution < -0.4 is 0 Å². The van der Waals surface area contributed by atoms with Crippen molar-refractivity contribution in [3.05, 3.63) is 17.5 Å². The number of piperidine rings is 2. The van der Waals surface area contributed by atoms with Crippen LogP contribution in [0.4, 0.5) is 0 Å². The van der Waals surface area contributed by atoms with Crippen molar-refractivity contribution in [2.45, 2.75) is 64.6 Å². The minimum absolute atomic E-state index is 0.140. The average molecular weight is 304 g/mol. The van der Waals surface area contributed by atoms with E-state index in [1.54, 1.807) is 0 Å². The SMILES string of the molecule is Cc1cc(C)n(CC(=O)N2CCC[C@@]3(C)[C@@H]2CCCN3C)n1. The zero-order valence-corrected chi connectivity index (χ0v) is 14.3. The molecule has 1 aromatic heterocycles. The first kappa shape index (κ1) is 15.5. The van der Waals surface area contributed by atoms with E-state index in [1.807, 2.05) is 24.6 Å². The van der Waals surface area contributed by atoms with Crippen LogP contribution in [0.2, 0.25) is 0 Å². The third-order valence-electron chi connectivity index (χ3n) is 5.73. The van der Waals surface area contributed by atoms with Gasteiger partial charge in [-0.05, 0) is 66.1 Å². The molecule has 0 aliphatic carbocycles. The van der Waals surface area contributed by atoms with E-state index in [4.69, 9.17) is 0 Å². The Morgan fingerprint density at radius 3 is 2.82 bits per heavy atom. The molecule has 2 fully saturated rings. The van der Waals surface area contributed by atoms with Crippen LogP contribution in [-0.4, -0.2) is 57.2 Å². The van der Waals surface area contributed by atoms with E-state index < -0.39 is 0 Å². The van der Waals surface area contributed by atoms with E-state index in [1.165, 1.54) is 12.8 Å². The van der Waals surface area contributed by atoms with Crippen molar-refractivity contribution in [1.29, 1.82) is 0 Å². The number of likely N-dealkylation sites (N-methyl/N-ethyl adjacent to an activating group) is 1. The van der Waals surface area contributed by atoms with Gasteiger partial charge in [-0.3, -0.25) is 14.4 Å². The number of nitrogens with zero attached hydrogens (tertiary/aromatic N) is 4. The lowest BCUT2D eigenvalue weighted by atomic mass is 9.76. The Kier molecular flexibility index (Phi) is 4.02. The molecule has 22 heavy (non-hydrogen) atoms. The fourth-order valence-corrected chi connectivity index (χ4v) is 4.31. The van der Waals surface area contributed by atoms with Gasteiger partial charge < -0.3 is 4.90 Å². The second-order valence-corrected chi connectivity index (χ2v) is 7.21. The summed E-state index contributed by atoms with van der Waals surface area (Å²) >= 11 is 0. The van der Waals surface area contributed by atoms with Gasteiger partial charge in [-0.2, -0.15) is 5.10 Å². The average Bonchev–Trinajstić information content (AvgIpc) is 2.77. The molecule has 1 aromatic rings. The van der Waals surface area contributed by atoms with Gasteiger partial charge in [0.25, 0.3) is 0 Å². The first-order valence-corrected chi connectivity index (χ1v) is 8.43. The summed E-state index contributed by atoms with van der Waals surface area (Å²) < 4.78 is 1.84. The van der Waals surface area contributed by atoms with E-state index in [2.05, 4.69) is 28.9 Å². The summed E-state index contributed by atoms with van der Waals surface area (Å²) in [7, 11) is 2.21. The second kappa shape index (κ2) is 5.69. The molecule has 0 unspecified atom stereocenters. The lowest BCUT2D eigenvalue weighted by molar-refractivity contribution is -0.144. The first-order chi connectivity index (χ1) is 10.4. The topological polar surface area (TPSA) is 41.4 Å². The Morgan fingerprint density at radius 1 is 1.36 bits per heavy atom. The number of carbonyl (C=O) groups excluding carboxylic acids is 1. The number of hydrogen-bond acceptors (Lipinski definition) is 3. The normalized spacial score (nSPS) is 29.5. The molecule has 2 aliphatic rings. The Balaban J connectivity index is 1.78. The summed E-state index contributed by atoms with van der Waals surface area (Å²) in [5.41, 5.74) is 2.18. The summed E-state index contributed by atoms with van der Waals surface area (Å²) in [6.07, 6.45) is 4.60. The van der Waals surface area contributed by atoms with Crippen molar-refractivity contribution in [3.63, 3.8) is 0 Å². The van der Waals surface area contributed by atoms with Gasteiger partial charge >= 0.3 is 0 Å². The van der Waals surface area contributed by atoms with Gasteiger partial charge in [0.2, 0.25) is 5.91 Å². The highest BCUT2D eigenvalue weighted by molar-refractivity contribution is 5.76. The van der Waals surface area contributed by atoms with Crippen molar-refractivity contribution < 1.29 is 4.79 Å². The molecule has 0 spiro atoms. The van der Waals surface area contributed by atoms with Crippen LogP contribution in [0.3, 0.4) is 0 Å². The second-order valence-electron chi connectivity index (χ2n) is 7.21. The number of fused-ring (bicyclic) bond motifs is 1. The van der Waals surface area contributed by atoms with E-state index in [-0.39, 0.29) is 11.4 Å². The molecule has 2 saturated heterocycles. The van der Waals surface area contributed by atoms with Crippen molar-refractivity contribution in [3.8, 4) is 0 Å². The molecular formula is C17H28N4O. The largest absolute Gasteiger partial charge is 0.336 e. The van der Waals surface area contributed by atoms with Gasteiger partial charge in [0.1, 0.15) is 6.54 Å². The quantitative estimate of drug-likeness (QED) is 0.839. The van der Waals surface area contributed by atoms with Crippen molar-refractivity contribution >= 4 is 5.91 Å². The molecule has 2 atom stereocenters. The Labute approximate surface area is 133 Å². The highest BCUT2D eigenvalue weighted by atomic mass is 16.2. The Hall–Kier alpha value is -1.36. The van der Waals surface area contributed by atoms with Crippen LogP contribution in [0.1, 0.15) is 44.0 Å².